The summed E-state index contributed by atoms with van der Waals surface area (Å²) in [5.74, 6) is 1.09. The summed E-state index contributed by atoms with van der Waals surface area (Å²) in [4.78, 5) is 27.0. The molecule has 0 aliphatic carbocycles. The highest BCUT2D eigenvalue weighted by Crippen LogP contribution is 2.38. The molecule has 0 saturated carbocycles. The van der Waals surface area contributed by atoms with Gasteiger partial charge in [0, 0.05) is 25.2 Å². The molecule has 1 heterocycles. The van der Waals surface area contributed by atoms with Gasteiger partial charge >= 0.3 is 6.03 Å². The van der Waals surface area contributed by atoms with Gasteiger partial charge < -0.3 is 25.0 Å². The number of rotatable bonds is 6. The Morgan fingerprint density at radius 1 is 1.07 bits per heavy atom. The van der Waals surface area contributed by atoms with E-state index in [1.165, 1.54) is 0 Å². The molecule has 1 aliphatic heterocycles. The van der Waals surface area contributed by atoms with Gasteiger partial charge in [-0.3, -0.25) is 4.79 Å². The van der Waals surface area contributed by atoms with E-state index in [0.29, 0.717) is 43.1 Å². The van der Waals surface area contributed by atoms with E-state index in [1.807, 2.05) is 37.3 Å². The van der Waals surface area contributed by atoms with E-state index in [9.17, 15) is 9.59 Å². The van der Waals surface area contributed by atoms with E-state index in [2.05, 4.69) is 10.6 Å². The second kappa shape index (κ2) is 9.32. The van der Waals surface area contributed by atoms with E-state index in [-0.39, 0.29) is 18.0 Å². The van der Waals surface area contributed by atoms with Crippen LogP contribution >= 0.6 is 0 Å². The zero-order chi connectivity index (χ0) is 20.8. The molecule has 0 spiro atoms. The molecule has 7 nitrogen and oxygen atoms in total. The highest BCUT2D eigenvalue weighted by molar-refractivity contribution is 5.94. The first-order valence-corrected chi connectivity index (χ1v) is 9.71. The lowest BCUT2D eigenvalue weighted by atomic mass is 9.91. The molecule has 0 saturated heterocycles. The average molecular weight is 397 g/mol. The number of nitrogens with one attached hydrogen (secondary N) is 2. The maximum atomic E-state index is 12.7. The molecule has 3 rings (SSSR count). The lowest BCUT2D eigenvalue weighted by Crippen LogP contribution is -2.49. The number of methoxy groups -OCH3 is 2. The highest BCUT2D eigenvalue weighted by Gasteiger charge is 2.32. The Kier molecular flexibility index (Phi) is 6.59. The molecule has 1 atom stereocenters. The van der Waals surface area contributed by atoms with Crippen molar-refractivity contribution in [3.05, 3.63) is 59.2 Å². The first kappa shape index (κ1) is 20.5. The molecule has 2 aromatic carbocycles. The molecule has 2 aromatic rings. The average Bonchev–Trinajstić information content (AvgIpc) is 2.76. The number of nitrogens with zero attached hydrogens (tertiary/aromatic N) is 1. The van der Waals surface area contributed by atoms with Gasteiger partial charge in [0.15, 0.2) is 11.5 Å². The Labute approximate surface area is 171 Å². The lowest BCUT2D eigenvalue weighted by molar-refractivity contribution is 0.0934. The number of amides is 3. The van der Waals surface area contributed by atoms with Crippen molar-refractivity contribution in [1.82, 2.24) is 15.5 Å². The fourth-order valence-electron chi connectivity index (χ4n) is 3.63. The number of benzene rings is 2. The summed E-state index contributed by atoms with van der Waals surface area (Å²) in [6, 6.07) is 12.4. The maximum Gasteiger partial charge on any atom is 0.317 e. The van der Waals surface area contributed by atoms with Crippen molar-refractivity contribution in [1.29, 1.82) is 0 Å². The number of carbonyl (C=O) groups is 2. The van der Waals surface area contributed by atoms with Gasteiger partial charge in [-0.25, -0.2) is 4.79 Å². The Hall–Kier alpha value is -3.22. The molecule has 0 aromatic heterocycles. The van der Waals surface area contributed by atoms with Gasteiger partial charge in [0.05, 0.1) is 20.3 Å². The Morgan fingerprint density at radius 2 is 1.76 bits per heavy atom. The molecule has 154 valence electrons. The van der Waals surface area contributed by atoms with Gasteiger partial charge in [-0.1, -0.05) is 18.2 Å². The Morgan fingerprint density at radius 3 is 2.41 bits per heavy atom. The standard InChI is InChI=1S/C22H27N3O4/c1-4-23-22(27)25-11-10-16-12-19(28-2)20(29-3)13-17(16)18(25)14-24-21(26)15-8-6-5-7-9-15/h5-9,12-13,18H,4,10-11,14H2,1-3H3,(H,23,27)(H,24,26)/t18-/m1/s1. The largest absolute Gasteiger partial charge is 0.493 e. The summed E-state index contributed by atoms with van der Waals surface area (Å²) in [7, 11) is 3.19. The molecule has 29 heavy (non-hydrogen) atoms. The number of fused-ring (bicyclic) bond motifs is 1. The third kappa shape index (κ3) is 4.45. The van der Waals surface area contributed by atoms with Crippen molar-refractivity contribution in [2.24, 2.45) is 0 Å². The van der Waals surface area contributed by atoms with Crippen molar-refractivity contribution >= 4 is 11.9 Å². The smallest absolute Gasteiger partial charge is 0.317 e. The number of urea groups is 1. The predicted octanol–water partition coefficient (Wildman–Crippen LogP) is 2.76. The van der Waals surface area contributed by atoms with Crippen LogP contribution in [-0.2, 0) is 6.42 Å². The summed E-state index contributed by atoms with van der Waals surface area (Å²) in [6.45, 7) is 3.28. The van der Waals surface area contributed by atoms with Crippen LogP contribution in [-0.4, -0.2) is 50.7 Å². The van der Waals surface area contributed by atoms with Crippen LogP contribution in [0.5, 0.6) is 11.5 Å². The van der Waals surface area contributed by atoms with Crippen LogP contribution in [0.1, 0.15) is 34.5 Å². The van der Waals surface area contributed by atoms with E-state index in [4.69, 9.17) is 9.47 Å². The molecule has 0 unspecified atom stereocenters. The summed E-state index contributed by atoms with van der Waals surface area (Å²) in [6.07, 6.45) is 0.704. The molecule has 0 radical (unpaired) electrons. The van der Waals surface area contributed by atoms with Gasteiger partial charge in [0.2, 0.25) is 0 Å². The van der Waals surface area contributed by atoms with Crippen molar-refractivity contribution in [3.63, 3.8) is 0 Å². The summed E-state index contributed by atoms with van der Waals surface area (Å²) in [5.41, 5.74) is 2.62. The normalized spacial score (nSPS) is 15.3. The van der Waals surface area contributed by atoms with Crippen molar-refractivity contribution < 1.29 is 19.1 Å². The lowest BCUT2D eigenvalue weighted by Gasteiger charge is -2.37. The first-order chi connectivity index (χ1) is 14.1. The first-order valence-electron chi connectivity index (χ1n) is 9.71. The minimum atomic E-state index is -0.308. The van der Waals surface area contributed by atoms with Crippen LogP contribution in [0, 0.1) is 0 Å². The molecule has 0 fully saturated rings. The third-order valence-corrected chi connectivity index (χ3v) is 5.08. The zero-order valence-electron chi connectivity index (χ0n) is 17.0. The second-order valence-electron chi connectivity index (χ2n) is 6.78. The quantitative estimate of drug-likeness (QED) is 0.786. The van der Waals surface area contributed by atoms with E-state index < -0.39 is 0 Å². The predicted molar refractivity (Wildman–Crippen MR) is 111 cm³/mol. The molecular weight excluding hydrogens is 370 g/mol. The van der Waals surface area contributed by atoms with Gasteiger partial charge in [-0.05, 0) is 48.7 Å². The van der Waals surface area contributed by atoms with Gasteiger partial charge in [-0.2, -0.15) is 0 Å². The van der Waals surface area contributed by atoms with E-state index in [1.54, 1.807) is 31.3 Å². The fourth-order valence-corrected chi connectivity index (χ4v) is 3.63. The minimum Gasteiger partial charge on any atom is -0.493 e. The molecule has 0 bridgehead atoms. The summed E-state index contributed by atoms with van der Waals surface area (Å²) < 4.78 is 10.9. The van der Waals surface area contributed by atoms with Crippen LogP contribution < -0.4 is 20.1 Å². The molecule has 7 heteroatoms. The summed E-state index contributed by atoms with van der Waals surface area (Å²) in [5, 5.41) is 5.83. The van der Waals surface area contributed by atoms with Crippen molar-refractivity contribution in [2.75, 3.05) is 33.9 Å². The molecule has 1 aliphatic rings. The fraction of sp³-hybridized carbons (Fsp3) is 0.364. The van der Waals surface area contributed by atoms with E-state index in [0.717, 1.165) is 11.1 Å². The third-order valence-electron chi connectivity index (χ3n) is 5.08. The van der Waals surface area contributed by atoms with Crippen LogP contribution in [0.15, 0.2) is 42.5 Å². The highest BCUT2D eigenvalue weighted by atomic mass is 16.5. The van der Waals surface area contributed by atoms with E-state index >= 15 is 0 Å². The van der Waals surface area contributed by atoms with Crippen LogP contribution in [0.4, 0.5) is 4.79 Å². The second-order valence-corrected chi connectivity index (χ2v) is 6.78. The van der Waals surface area contributed by atoms with Crippen molar-refractivity contribution in [2.45, 2.75) is 19.4 Å². The van der Waals surface area contributed by atoms with Gasteiger partial charge in [0.1, 0.15) is 0 Å². The molecule has 2 N–H and O–H groups in total. The Bertz CT molecular complexity index is 870. The Balaban J connectivity index is 1.90. The van der Waals surface area contributed by atoms with Gasteiger partial charge in [-0.15, -0.1) is 0 Å². The van der Waals surface area contributed by atoms with Crippen LogP contribution in [0.2, 0.25) is 0 Å². The summed E-state index contributed by atoms with van der Waals surface area (Å²) >= 11 is 0. The SMILES string of the molecule is CCNC(=O)N1CCc2cc(OC)c(OC)cc2[C@H]1CNC(=O)c1ccccc1. The number of ether oxygens (including phenoxy) is 2. The minimum absolute atomic E-state index is 0.146. The number of carbonyl (C=O) groups excluding carboxylic acids is 2. The molecule has 3 amide bonds. The molecular formula is C22H27N3O4. The zero-order valence-corrected chi connectivity index (χ0v) is 17.0. The van der Waals surface area contributed by atoms with Gasteiger partial charge in [0.25, 0.3) is 5.91 Å². The maximum absolute atomic E-state index is 12.7. The van der Waals surface area contributed by atoms with Crippen molar-refractivity contribution in [3.8, 4) is 11.5 Å². The monoisotopic (exact) mass is 397 g/mol. The topological polar surface area (TPSA) is 79.9 Å². The number of hydrogen-bond donors (Lipinski definition) is 2. The van der Waals surface area contributed by atoms with Crippen LogP contribution in [0.3, 0.4) is 0 Å². The van der Waals surface area contributed by atoms with Crippen LogP contribution in [0.25, 0.3) is 0 Å². The number of hydrogen-bond acceptors (Lipinski definition) is 4.